The van der Waals surface area contributed by atoms with Gasteiger partial charge >= 0.3 is 0 Å². The zero-order valence-electron chi connectivity index (χ0n) is 13.7. The third-order valence-corrected chi connectivity index (χ3v) is 6.20. The molecule has 1 N–H and O–H groups in total. The summed E-state index contributed by atoms with van der Waals surface area (Å²) in [4.78, 5) is 3.52. The van der Waals surface area contributed by atoms with Crippen molar-refractivity contribution < 1.29 is 5.11 Å². The maximum absolute atomic E-state index is 10.5. The number of hydrogen-bond donors (Lipinski definition) is 1. The molecule has 2 aromatic heterocycles. The van der Waals surface area contributed by atoms with Gasteiger partial charge in [0.05, 0.1) is 11.8 Å². The van der Waals surface area contributed by atoms with E-state index in [1.807, 2.05) is 24.6 Å². The second-order valence-electron chi connectivity index (χ2n) is 6.27. The van der Waals surface area contributed by atoms with Crippen LogP contribution in [-0.2, 0) is 20.0 Å². The van der Waals surface area contributed by atoms with Gasteiger partial charge in [0.15, 0.2) is 0 Å². The van der Waals surface area contributed by atoms with Gasteiger partial charge < -0.3 is 5.11 Å². The standard InChI is InChI=1S/C17H24ClN3OS/c1-3-14-13(17(18)20(2)19-14)11-21-8-6-12(7-9-21)16(22)15-5-4-10-23-15/h4-5,10,12,16,22H,3,6-9,11H2,1-2H3/t16-/m1/s1. The molecule has 1 aliphatic heterocycles. The summed E-state index contributed by atoms with van der Waals surface area (Å²) >= 11 is 8.04. The molecule has 6 heteroatoms. The van der Waals surface area contributed by atoms with Crippen LogP contribution >= 0.6 is 22.9 Å². The number of aromatic nitrogens is 2. The highest BCUT2D eigenvalue weighted by Gasteiger charge is 2.27. The number of aliphatic hydroxyl groups is 1. The van der Waals surface area contributed by atoms with E-state index in [9.17, 15) is 5.11 Å². The Morgan fingerprint density at radius 2 is 2.17 bits per heavy atom. The van der Waals surface area contributed by atoms with Crippen LogP contribution < -0.4 is 0 Å². The predicted molar refractivity (Wildman–Crippen MR) is 94.9 cm³/mol. The molecule has 2 aromatic rings. The largest absolute Gasteiger partial charge is 0.387 e. The Labute approximate surface area is 146 Å². The first-order valence-electron chi connectivity index (χ1n) is 8.24. The predicted octanol–water partition coefficient (Wildman–Crippen LogP) is 3.64. The summed E-state index contributed by atoms with van der Waals surface area (Å²) in [7, 11) is 1.90. The lowest BCUT2D eigenvalue weighted by molar-refractivity contribution is 0.0590. The van der Waals surface area contributed by atoms with Crippen molar-refractivity contribution in [3.8, 4) is 0 Å². The summed E-state index contributed by atoms with van der Waals surface area (Å²) in [5.74, 6) is 0.361. The van der Waals surface area contributed by atoms with Crippen LogP contribution in [0.15, 0.2) is 17.5 Å². The Kier molecular flexibility index (Phi) is 5.42. The highest BCUT2D eigenvalue weighted by Crippen LogP contribution is 2.33. The monoisotopic (exact) mass is 353 g/mol. The van der Waals surface area contributed by atoms with Crippen molar-refractivity contribution in [2.24, 2.45) is 13.0 Å². The van der Waals surface area contributed by atoms with Crippen LogP contribution in [0, 0.1) is 5.92 Å². The maximum atomic E-state index is 10.5. The minimum absolute atomic E-state index is 0.315. The van der Waals surface area contributed by atoms with Crippen molar-refractivity contribution in [3.63, 3.8) is 0 Å². The lowest BCUT2D eigenvalue weighted by atomic mass is 9.90. The van der Waals surface area contributed by atoms with Crippen LogP contribution in [-0.4, -0.2) is 32.9 Å². The molecule has 0 radical (unpaired) electrons. The highest BCUT2D eigenvalue weighted by molar-refractivity contribution is 7.10. The van der Waals surface area contributed by atoms with Crippen molar-refractivity contribution in [1.29, 1.82) is 0 Å². The van der Waals surface area contributed by atoms with Crippen LogP contribution in [0.2, 0.25) is 5.15 Å². The molecule has 126 valence electrons. The van der Waals surface area contributed by atoms with E-state index in [0.717, 1.165) is 60.2 Å². The zero-order chi connectivity index (χ0) is 16.4. The fraction of sp³-hybridized carbons (Fsp3) is 0.588. The number of piperidine rings is 1. The molecule has 3 rings (SSSR count). The van der Waals surface area contributed by atoms with Gasteiger partial charge in [-0.25, -0.2) is 0 Å². The smallest absolute Gasteiger partial charge is 0.131 e. The molecule has 1 aliphatic rings. The second-order valence-corrected chi connectivity index (χ2v) is 7.60. The molecule has 0 bridgehead atoms. The Morgan fingerprint density at radius 3 is 2.78 bits per heavy atom. The number of hydrogen-bond acceptors (Lipinski definition) is 4. The molecule has 4 nitrogen and oxygen atoms in total. The SMILES string of the molecule is CCc1nn(C)c(Cl)c1CN1CCC([C@@H](O)c2cccs2)CC1. The summed E-state index contributed by atoms with van der Waals surface area (Å²) < 4.78 is 1.77. The van der Waals surface area contributed by atoms with Gasteiger partial charge in [-0.15, -0.1) is 11.3 Å². The van der Waals surface area contributed by atoms with Crippen LogP contribution in [0.4, 0.5) is 0 Å². The van der Waals surface area contributed by atoms with Gasteiger partial charge in [0, 0.05) is 24.0 Å². The van der Waals surface area contributed by atoms with Crippen LogP contribution in [0.5, 0.6) is 0 Å². The number of aliphatic hydroxyl groups excluding tert-OH is 1. The van der Waals surface area contributed by atoms with Gasteiger partial charge in [-0.1, -0.05) is 24.6 Å². The minimum Gasteiger partial charge on any atom is -0.387 e. The minimum atomic E-state index is -0.315. The van der Waals surface area contributed by atoms with Crippen LogP contribution in [0.25, 0.3) is 0 Å². The molecular formula is C17H24ClN3OS. The van der Waals surface area contributed by atoms with E-state index >= 15 is 0 Å². The van der Waals surface area contributed by atoms with Crippen molar-refractivity contribution in [3.05, 3.63) is 38.8 Å². The lowest BCUT2D eigenvalue weighted by Crippen LogP contribution is -2.35. The topological polar surface area (TPSA) is 41.3 Å². The van der Waals surface area contributed by atoms with E-state index in [2.05, 4.69) is 16.9 Å². The third-order valence-electron chi connectivity index (χ3n) is 4.78. The normalized spacial score (nSPS) is 18.4. The zero-order valence-corrected chi connectivity index (χ0v) is 15.3. The summed E-state index contributed by atoms with van der Waals surface area (Å²) in [5.41, 5.74) is 2.26. The third kappa shape index (κ3) is 3.63. The van der Waals surface area contributed by atoms with Crippen LogP contribution in [0.3, 0.4) is 0 Å². The first-order chi connectivity index (χ1) is 11.1. The fourth-order valence-electron chi connectivity index (χ4n) is 3.38. The summed E-state index contributed by atoms with van der Waals surface area (Å²) in [6.45, 7) is 4.98. The van der Waals surface area contributed by atoms with Crippen molar-refractivity contribution in [2.45, 2.75) is 38.8 Å². The van der Waals surface area contributed by atoms with Gasteiger partial charge in [-0.3, -0.25) is 9.58 Å². The highest BCUT2D eigenvalue weighted by atomic mass is 35.5. The number of likely N-dealkylation sites (tertiary alicyclic amines) is 1. The Balaban J connectivity index is 1.59. The molecule has 0 saturated carbocycles. The Bertz CT molecular complexity index is 633. The molecule has 3 heterocycles. The van der Waals surface area contributed by atoms with E-state index in [1.165, 1.54) is 0 Å². The van der Waals surface area contributed by atoms with E-state index < -0.39 is 0 Å². The molecular weight excluding hydrogens is 330 g/mol. The molecule has 23 heavy (non-hydrogen) atoms. The average molecular weight is 354 g/mol. The van der Waals surface area contributed by atoms with Gasteiger partial charge in [0.25, 0.3) is 0 Å². The number of rotatable bonds is 5. The van der Waals surface area contributed by atoms with Crippen molar-refractivity contribution in [1.82, 2.24) is 14.7 Å². The maximum Gasteiger partial charge on any atom is 0.131 e. The van der Waals surface area contributed by atoms with E-state index in [1.54, 1.807) is 16.0 Å². The summed E-state index contributed by atoms with van der Waals surface area (Å²) in [5, 5.41) is 17.8. The van der Waals surface area contributed by atoms with Gasteiger partial charge in [-0.05, 0) is 49.7 Å². The van der Waals surface area contributed by atoms with Gasteiger partial charge in [0.2, 0.25) is 0 Å². The van der Waals surface area contributed by atoms with E-state index in [4.69, 9.17) is 11.6 Å². The number of nitrogens with zero attached hydrogens (tertiary/aromatic N) is 3. The van der Waals surface area contributed by atoms with Crippen LogP contribution in [0.1, 0.15) is 42.0 Å². The molecule has 0 amide bonds. The first kappa shape index (κ1) is 17.0. The molecule has 0 aliphatic carbocycles. The summed E-state index contributed by atoms with van der Waals surface area (Å²) in [6, 6.07) is 4.04. The van der Waals surface area contributed by atoms with Crippen molar-refractivity contribution in [2.75, 3.05) is 13.1 Å². The Hall–Kier alpha value is -0.880. The second kappa shape index (κ2) is 7.34. The summed E-state index contributed by atoms with van der Waals surface area (Å²) in [6.07, 6.45) is 2.64. The molecule has 1 fully saturated rings. The molecule has 0 aromatic carbocycles. The molecule has 0 unspecified atom stereocenters. The molecule has 1 saturated heterocycles. The number of aryl methyl sites for hydroxylation is 2. The van der Waals surface area contributed by atoms with Crippen molar-refractivity contribution >= 4 is 22.9 Å². The Morgan fingerprint density at radius 1 is 1.43 bits per heavy atom. The van der Waals surface area contributed by atoms with E-state index in [0.29, 0.717) is 5.92 Å². The van der Waals surface area contributed by atoms with Gasteiger partial charge in [-0.2, -0.15) is 5.10 Å². The number of thiophene rings is 1. The number of halogens is 1. The molecule has 1 atom stereocenters. The quantitative estimate of drug-likeness (QED) is 0.892. The fourth-order valence-corrected chi connectivity index (χ4v) is 4.39. The lowest BCUT2D eigenvalue weighted by Gasteiger charge is -2.34. The first-order valence-corrected chi connectivity index (χ1v) is 9.50. The van der Waals surface area contributed by atoms with Gasteiger partial charge in [0.1, 0.15) is 5.15 Å². The molecule has 0 spiro atoms. The average Bonchev–Trinajstić information content (AvgIpc) is 3.19. The van der Waals surface area contributed by atoms with E-state index in [-0.39, 0.29) is 6.10 Å².